The number of hydrogen-bond acceptors (Lipinski definition) is 1. The van der Waals surface area contributed by atoms with Crippen LogP contribution >= 0.6 is 0 Å². The molecule has 1 aromatic rings. The Kier molecular flexibility index (Phi) is 2.91. The molecule has 13 heavy (non-hydrogen) atoms. The van der Waals surface area contributed by atoms with Gasteiger partial charge in [-0.25, -0.2) is 4.39 Å². The van der Waals surface area contributed by atoms with Gasteiger partial charge in [-0.15, -0.1) is 0 Å². The molecular weight excluding hydrogens is 165 g/mol. The lowest BCUT2D eigenvalue weighted by molar-refractivity contribution is 0.443. The molecule has 0 fully saturated rings. The topological polar surface area (TPSA) is 12.0 Å². The Balaban J connectivity index is 2.55. The van der Waals surface area contributed by atoms with Gasteiger partial charge in [0.15, 0.2) is 0 Å². The van der Waals surface area contributed by atoms with Crippen LogP contribution in [0.25, 0.3) is 0 Å². The molecule has 1 aromatic carbocycles. The highest BCUT2D eigenvalue weighted by atomic mass is 19.1. The first-order valence-corrected chi connectivity index (χ1v) is 4.47. The molecule has 2 heteroatoms. The van der Waals surface area contributed by atoms with E-state index in [9.17, 15) is 4.39 Å². The summed E-state index contributed by atoms with van der Waals surface area (Å²) in [5, 5.41) is 3.19. The van der Waals surface area contributed by atoms with Gasteiger partial charge < -0.3 is 5.32 Å². The number of hydrogen-bond donors (Lipinski definition) is 1. The molecule has 0 aliphatic rings. The maximum atomic E-state index is 12.7. The van der Waals surface area contributed by atoms with E-state index in [2.05, 4.69) is 26.1 Å². The highest BCUT2D eigenvalue weighted by molar-refractivity contribution is 5.43. The number of nitrogens with one attached hydrogen (secondary N) is 1. The highest BCUT2D eigenvalue weighted by Gasteiger charge is 2.09. The molecule has 0 atom stereocenters. The summed E-state index contributed by atoms with van der Waals surface area (Å²) in [6.07, 6.45) is 0. The Morgan fingerprint density at radius 2 is 2.00 bits per heavy atom. The van der Waals surface area contributed by atoms with E-state index in [0.29, 0.717) is 0 Å². The molecule has 0 spiro atoms. The van der Waals surface area contributed by atoms with E-state index in [1.165, 1.54) is 12.1 Å². The van der Waals surface area contributed by atoms with Crippen LogP contribution in [0.15, 0.2) is 24.3 Å². The van der Waals surface area contributed by atoms with Crippen molar-refractivity contribution in [3.8, 4) is 0 Å². The minimum atomic E-state index is -0.195. The number of benzene rings is 1. The fourth-order valence-electron chi connectivity index (χ4n) is 0.966. The highest BCUT2D eigenvalue weighted by Crippen LogP contribution is 2.15. The lowest BCUT2D eigenvalue weighted by Crippen LogP contribution is -2.18. The summed E-state index contributed by atoms with van der Waals surface area (Å²) in [4.78, 5) is 0. The minimum Gasteiger partial charge on any atom is -0.384 e. The summed E-state index contributed by atoms with van der Waals surface area (Å²) in [7, 11) is 0. The van der Waals surface area contributed by atoms with Crippen LogP contribution in [-0.4, -0.2) is 6.54 Å². The van der Waals surface area contributed by atoms with Crippen LogP contribution in [0.3, 0.4) is 0 Å². The normalized spacial score (nSPS) is 11.4. The Hall–Kier alpha value is -1.05. The Bertz CT molecular complexity index is 276. The maximum absolute atomic E-state index is 12.7. The zero-order valence-electron chi connectivity index (χ0n) is 8.39. The molecule has 0 bridgehead atoms. The zero-order valence-corrected chi connectivity index (χ0v) is 8.39. The molecular formula is C11H16FN. The third kappa shape index (κ3) is 3.92. The summed E-state index contributed by atoms with van der Waals surface area (Å²) in [6.45, 7) is 7.26. The first-order chi connectivity index (χ1) is 5.97. The molecule has 1 nitrogen and oxygen atoms in total. The molecule has 0 aliphatic heterocycles. The SMILES string of the molecule is CC(C)(C)CNc1cccc(F)c1. The van der Waals surface area contributed by atoms with Gasteiger partial charge in [0.25, 0.3) is 0 Å². The van der Waals surface area contributed by atoms with Gasteiger partial charge in [-0.3, -0.25) is 0 Å². The van der Waals surface area contributed by atoms with Gasteiger partial charge in [0.2, 0.25) is 0 Å². The monoisotopic (exact) mass is 181 g/mol. The van der Waals surface area contributed by atoms with Crippen molar-refractivity contribution in [2.75, 3.05) is 11.9 Å². The van der Waals surface area contributed by atoms with Gasteiger partial charge in [-0.05, 0) is 23.6 Å². The second-order valence-corrected chi connectivity index (χ2v) is 4.42. The van der Waals surface area contributed by atoms with Crippen LogP contribution in [0.2, 0.25) is 0 Å². The predicted molar refractivity (Wildman–Crippen MR) is 54.3 cm³/mol. The van der Waals surface area contributed by atoms with Gasteiger partial charge in [-0.1, -0.05) is 26.8 Å². The maximum Gasteiger partial charge on any atom is 0.125 e. The summed E-state index contributed by atoms with van der Waals surface area (Å²) in [5.41, 5.74) is 1.06. The smallest absolute Gasteiger partial charge is 0.125 e. The summed E-state index contributed by atoms with van der Waals surface area (Å²) < 4.78 is 12.7. The molecule has 0 saturated carbocycles. The Morgan fingerprint density at radius 1 is 1.31 bits per heavy atom. The van der Waals surface area contributed by atoms with Crippen molar-refractivity contribution in [3.63, 3.8) is 0 Å². The third-order valence-electron chi connectivity index (χ3n) is 1.65. The van der Waals surface area contributed by atoms with E-state index in [-0.39, 0.29) is 11.2 Å². The van der Waals surface area contributed by atoms with E-state index in [1.807, 2.05) is 6.07 Å². The lowest BCUT2D eigenvalue weighted by Gasteiger charge is -2.19. The lowest BCUT2D eigenvalue weighted by atomic mass is 9.97. The summed E-state index contributed by atoms with van der Waals surface area (Å²) in [6, 6.07) is 6.53. The second-order valence-electron chi connectivity index (χ2n) is 4.42. The Morgan fingerprint density at radius 3 is 2.54 bits per heavy atom. The molecule has 72 valence electrons. The first kappa shape index (κ1) is 10.0. The average molecular weight is 181 g/mol. The summed E-state index contributed by atoms with van der Waals surface area (Å²) in [5.74, 6) is -0.195. The van der Waals surface area contributed by atoms with Crippen LogP contribution < -0.4 is 5.32 Å². The molecule has 0 unspecified atom stereocenters. The Labute approximate surface area is 79.0 Å². The van der Waals surface area contributed by atoms with Gasteiger partial charge in [0, 0.05) is 12.2 Å². The quantitative estimate of drug-likeness (QED) is 0.738. The molecule has 0 amide bonds. The van der Waals surface area contributed by atoms with Crippen molar-refractivity contribution in [2.24, 2.45) is 5.41 Å². The fraction of sp³-hybridized carbons (Fsp3) is 0.455. The molecule has 0 radical (unpaired) electrons. The van der Waals surface area contributed by atoms with Gasteiger partial charge in [0.05, 0.1) is 0 Å². The number of halogens is 1. The van der Waals surface area contributed by atoms with Gasteiger partial charge in [0.1, 0.15) is 5.82 Å². The molecule has 1 rings (SSSR count). The minimum absolute atomic E-state index is 0.195. The van der Waals surface area contributed by atoms with E-state index < -0.39 is 0 Å². The van der Waals surface area contributed by atoms with Gasteiger partial charge in [-0.2, -0.15) is 0 Å². The van der Waals surface area contributed by atoms with Crippen LogP contribution in [0, 0.1) is 11.2 Å². The molecule has 0 aliphatic carbocycles. The van der Waals surface area contributed by atoms with Crippen molar-refractivity contribution in [2.45, 2.75) is 20.8 Å². The van der Waals surface area contributed by atoms with Gasteiger partial charge >= 0.3 is 0 Å². The zero-order chi connectivity index (χ0) is 9.90. The molecule has 0 heterocycles. The largest absolute Gasteiger partial charge is 0.384 e. The standard InChI is InChI=1S/C11H16FN/c1-11(2,3)8-13-10-6-4-5-9(12)7-10/h4-7,13H,8H2,1-3H3. The van der Waals surface area contributed by atoms with Crippen molar-refractivity contribution in [1.29, 1.82) is 0 Å². The average Bonchev–Trinajstić information content (AvgIpc) is 2.00. The molecule has 0 saturated heterocycles. The molecule has 0 aromatic heterocycles. The molecule has 1 N–H and O–H groups in total. The van der Waals surface area contributed by atoms with Crippen molar-refractivity contribution in [1.82, 2.24) is 0 Å². The first-order valence-electron chi connectivity index (χ1n) is 4.47. The van der Waals surface area contributed by atoms with Crippen LogP contribution in [0.4, 0.5) is 10.1 Å². The van der Waals surface area contributed by atoms with E-state index in [0.717, 1.165) is 12.2 Å². The third-order valence-corrected chi connectivity index (χ3v) is 1.65. The van der Waals surface area contributed by atoms with E-state index in [1.54, 1.807) is 6.07 Å². The van der Waals surface area contributed by atoms with Crippen LogP contribution in [0.1, 0.15) is 20.8 Å². The number of anilines is 1. The van der Waals surface area contributed by atoms with Crippen molar-refractivity contribution in [3.05, 3.63) is 30.1 Å². The van der Waals surface area contributed by atoms with Crippen molar-refractivity contribution < 1.29 is 4.39 Å². The summed E-state index contributed by atoms with van der Waals surface area (Å²) >= 11 is 0. The second kappa shape index (κ2) is 3.77. The van der Waals surface area contributed by atoms with Crippen LogP contribution in [0.5, 0.6) is 0 Å². The number of rotatable bonds is 2. The van der Waals surface area contributed by atoms with Crippen LogP contribution in [-0.2, 0) is 0 Å². The van der Waals surface area contributed by atoms with E-state index in [4.69, 9.17) is 0 Å². The van der Waals surface area contributed by atoms with Crippen molar-refractivity contribution >= 4 is 5.69 Å². The van der Waals surface area contributed by atoms with E-state index >= 15 is 0 Å². The fourth-order valence-corrected chi connectivity index (χ4v) is 0.966. The predicted octanol–water partition coefficient (Wildman–Crippen LogP) is 3.28.